The maximum absolute atomic E-state index is 14.9. The molecule has 2 aromatic carbocycles. The van der Waals surface area contributed by atoms with Gasteiger partial charge in [0.05, 0.1) is 29.9 Å². The van der Waals surface area contributed by atoms with Gasteiger partial charge in [-0.15, -0.1) is 0 Å². The lowest BCUT2D eigenvalue weighted by atomic mass is 9.87. The van der Waals surface area contributed by atoms with Gasteiger partial charge < -0.3 is 9.30 Å². The largest absolute Gasteiger partial charge is 0.465 e. The highest BCUT2D eigenvalue weighted by Gasteiger charge is 2.42. The van der Waals surface area contributed by atoms with Crippen LogP contribution in [0.1, 0.15) is 49.2 Å². The zero-order valence-electron chi connectivity index (χ0n) is 21.6. The number of fused-ring (bicyclic) bond motifs is 2. The highest BCUT2D eigenvalue weighted by Crippen LogP contribution is 2.46. The van der Waals surface area contributed by atoms with E-state index in [1.54, 1.807) is 45.1 Å². The minimum absolute atomic E-state index is 0.0175. The topological polar surface area (TPSA) is 66.1 Å². The van der Waals surface area contributed by atoms with Crippen molar-refractivity contribution in [2.45, 2.75) is 39.3 Å². The predicted molar refractivity (Wildman–Crippen MR) is 138 cm³/mol. The van der Waals surface area contributed by atoms with Crippen LogP contribution in [0.4, 0.5) is 17.6 Å². The summed E-state index contributed by atoms with van der Waals surface area (Å²) in [6, 6.07) is 7.90. The van der Waals surface area contributed by atoms with Crippen LogP contribution in [0.15, 0.2) is 66.4 Å². The number of rotatable bonds is 3. The molecule has 4 aromatic rings. The van der Waals surface area contributed by atoms with Gasteiger partial charge in [0.2, 0.25) is 0 Å². The molecule has 0 bridgehead atoms. The first-order chi connectivity index (χ1) is 18.3. The molecule has 5 rings (SSSR count). The number of methoxy groups -OCH3 is 1. The molecule has 0 aliphatic heterocycles. The van der Waals surface area contributed by atoms with Crippen LogP contribution in [0, 0.1) is 11.2 Å². The quantitative estimate of drug-likeness (QED) is 0.208. The van der Waals surface area contributed by atoms with Gasteiger partial charge in [0.15, 0.2) is 0 Å². The summed E-state index contributed by atoms with van der Waals surface area (Å²) in [5, 5.41) is 4.99. The Hall–Kier alpha value is -4.21. The van der Waals surface area contributed by atoms with Gasteiger partial charge >= 0.3 is 12.1 Å². The summed E-state index contributed by atoms with van der Waals surface area (Å²) in [4.78, 5) is 25.1. The molecule has 0 amide bonds. The van der Waals surface area contributed by atoms with Gasteiger partial charge in [-0.2, -0.15) is 23.0 Å². The molecule has 2 aromatic heterocycles. The Morgan fingerprint density at radius 1 is 1.05 bits per heavy atom. The van der Waals surface area contributed by atoms with Crippen LogP contribution in [-0.4, -0.2) is 33.3 Å². The molecule has 1 atom stereocenters. The zero-order chi connectivity index (χ0) is 28.3. The average Bonchev–Trinajstić information content (AvgIpc) is 3.45. The Morgan fingerprint density at radius 2 is 1.74 bits per heavy atom. The molecule has 39 heavy (non-hydrogen) atoms. The van der Waals surface area contributed by atoms with Crippen LogP contribution in [0.3, 0.4) is 0 Å². The predicted octanol–water partition coefficient (Wildman–Crippen LogP) is 6.97. The molecule has 1 aliphatic rings. The van der Waals surface area contributed by atoms with Crippen molar-refractivity contribution in [3.63, 3.8) is 0 Å². The molecule has 10 heteroatoms. The third-order valence-corrected chi connectivity index (χ3v) is 6.77. The average molecular weight is 540 g/mol. The van der Waals surface area contributed by atoms with Gasteiger partial charge in [-0.1, -0.05) is 39.0 Å². The standard InChI is InChI=1S/C29H25F4N3O3/c1-28(2,3)27(38)36-22-14-21-23(13-18(22)15-34-36)35(20-11-9-19(30)10-12-20)25(29(31,32)33)24(21)16-5-7-17(8-6-16)26(37)39-4/h5,7-16H,6H2,1-4H3. The summed E-state index contributed by atoms with van der Waals surface area (Å²) in [5.74, 6) is -2.22. The molecule has 202 valence electrons. The molecule has 0 saturated heterocycles. The number of hydrogen-bond donors (Lipinski definition) is 0. The van der Waals surface area contributed by atoms with Crippen molar-refractivity contribution in [1.82, 2.24) is 14.3 Å². The first kappa shape index (κ1) is 26.4. The van der Waals surface area contributed by atoms with Gasteiger partial charge in [0, 0.05) is 27.8 Å². The number of hydrogen-bond acceptors (Lipinski definition) is 4. The lowest BCUT2D eigenvalue weighted by Gasteiger charge is -2.20. The maximum atomic E-state index is 14.9. The number of alkyl halides is 3. The van der Waals surface area contributed by atoms with E-state index in [0.717, 1.165) is 16.7 Å². The molecule has 0 N–H and O–H groups in total. The van der Waals surface area contributed by atoms with Gasteiger partial charge in [0.1, 0.15) is 11.5 Å². The van der Waals surface area contributed by atoms with E-state index in [4.69, 9.17) is 4.74 Å². The van der Waals surface area contributed by atoms with E-state index < -0.39 is 35.0 Å². The van der Waals surface area contributed by atoms with Crippen molar-refractivity contribution in [3.8, 4) is 5.69 Å². The molecular formula is C29H25F4N3O3. The zero-order valence-corrected chi connectivity index (χ0v) is 21.6. The van der Waals surface area contributed by atoms with Crippen molar-refractivity contribution < 1.29 is 31.9 Å². The van der Waals surface area contributed by atoms with Gasteiger partial charge in [0.25, 0.3) is 5.91 Å². The third-order valence-electron chi connectivity index (χ3n) is 6.77. The Balaban J connectivity index is 1.85. The van der Waals surface area contributed by atoms with Crippen molar-refractivity contribution >= 4 is 33.7 Å². The molecule has 0 spiro atoms. The molecule has 2 heterocycles. The van der Waals surface area contributed by atoms with Crippen LogP contribution in [0.25, 0.3) is 27.5 Å². The number of ether oxygens (including phenoxy) is 1. The Labute approximate surface area is 221 Å². The highest BCUT2D eigenvalue weighted by atomic mass is 19.4. The SMILES string of the molecule is COC(=O)C1=CCC(c2c(C(F)(F)F)n(-c3ccc(F)cc3)c3cc4cnn(C(=O)C(C)(C)C)c4cc23)C=C1. The van der Waals surface area contributed by atoms with Gasteiger partial charge in [-0.25, -0.2) is 9.18 Å². The third kappa shape index (κ3) is 4.53. The van der Waals surface area contributed by atoms with E-state index in [2.05, 4.69) is 5.10 Å². The fourth-order valence-corrected chi connectivity index (χ4v) is 4.93. The second kappa shape index (κ2) is 9.21. The van der Waals surface area contributed by atoms with Gasteiger partial charge in [-0.05, 0) is 48.4 Å². The van der Waals surface area contributed by atoms with Gasteiger partial charge in [-0.3, -0.25) is 4.79 Å². The number of carbonyl (C=O) groups excluding carboxylic acids is 2. The Morgan fingerprint density at radius 3 is 2.31 bits per heavy atom. The van der Waals surface area contributed by atoms with Crippen molar-refractivity contribution in [2.75, 3.05) is 7.11 Å². The molecule has 0 radical (unpaired) electrons. The summed E-state index contributed by atoms with van der Waals surface area (Å²) >= 11 is 0. The lowest BCUT2D eigenvalue weighted by molar-refractivity contribution is -0.142. The van der Waals surface area contributed by atoms with Crippen LogP contribution >= 0.6 is 0 Å². The first-order valence-corrected chi connectivity index (χ1v) is 12.2. The number of benzene rings is 2. The maximum Gasteiger partial charge on any atom is 0.432 e. The molecular weight excluding hydrogens is 514 g/mol. The van der Waals surface area contributed by atoms with E-state index in [0.29, 0.717) is 10.9 Å². The minimum atomic E-state index is -4.79. The van der Waals surface area contributed by atoms with Crippen LogP contribution < -0.4 is 0 Å². The van der Waals surface area contributed by atoms with E-state index in [9.17, 15) is 27.2 Å². The molecule has 1 aliphatic carbocycles. The van der Waals surface area contributed by atoms with E-state index in [1.165, 1.54) is 36.2 Å². The number of allylic oxidation sites excluding steroid dienone is 2. The van der Waals surface area contributed by atoms with Crippen LogP contribution in [0.2, 0.25) is 0 Å². The molecule has 0 fully saturated rings. The van der Waals surface area contributed by atoms with E-state index >= 15 is 0 Å². The van der Waals surface area contributed by atoms with E-state index in [-0.39, 0.29) is 40.1 Å². The normalized spacial score (nSPS) is 16.1. The Kier molecular flexibility index (Phi) is 6.24. The van der Waals surface area contributed by atoms with E-state index in [1.807, 2.05) is 0 Å². The lowest BCUT2D eigenvalue weighted by Crippen LogP contribution is -2.27. The number of halogens is 4. The molecule has 1 unspecified atom stereocenters. The highest BCUT2D eigenvalue weighted by molar-refractivity contribution is 6.03. The number of aromatic nitrogens is 3. The second-order valence-corrected chi connectivity index (χ2v) is 10.5. The van der Waals surface area contributed by atoms with Crippen molar-refractivity contribution in [2.24, 2.45) is 5.41 Å². The summed E-state index contributed by atoms with van der Waals surface area (Å²) in [6.07, 6.45) is 1.32. The fraction of sp³-hybridized carbons (Fsp3) is 0.276. The second-order valence-electron chi connectivity index (χ2n) is 10.5. The van der Waals surface area contributed by atoms with Crippen LogP contribution in [-0.2, 0) is 15.7 Å². The van der Waals surface area contributed by atoms with Crippen molar-refractivity contribution in [3.05, 3.63) is 83.5 Å². The smallest absolute Gasteiger partial charge is 0.432 e. The first-order valence-electron chi connectivity index (χ1n) is 12.2. The summed E-state index contributed by atoms with van der Waals surface area (Å²) in [5.41, 5.74) is -0.729. The summed E-state index contributed by atoms with van der Waals surface area (Å²) in [7, 11) is 1.23. The van der Waals surface area contributed by atoms with Crippen molar-refractivity contribution in [1.29, 1.82) is 0 Å². The molecule has 0 saturated carbocycles. The molecule has 6 nitrogen and oxygen atoms in total. The number of esters is 1. The minimum Gasteiger partial charge on any atom is -0.465 e. The number of carbonyl (C=O) groups is 2. The monoisotopic (exact) mass is 539 g/mol. The van der Waals surface area contributed by atoms with Crippen LogP contribution in [0.5, 0.6) is 0 Å². The number of nitrogens with zero attached hydrogens (tertiary/aromatic N) is 3. The fourth-order valence-electron chi connectivity index (χ4n) is 4.93. The Bertz CT molecular complexity index is 1680. The summed E-state index contributed by atoms with van der Waals surface area (Å²) < 4.78 is 65.4. The summed E-state index contributed by atoms with van der Waals surface area (Å²) in [6.45, 7) is 5.20.